The van der Waals surface area contributed by atoms with Crippen LogP contribution in [0.15, 0.2) is 53.4 Å². The fourth-order valence-electron chi connectivity index (χ4n) is 4.49. The van der Waals surface area contributed by atoms with Gasteiger partial charge in [-0.05, 0) is 42.7 Å². The van der Waals surface area contributed by atoms with Gasteiger partial charge in [0, 0.05) is 12.6 Å². The molecule has 3 rings (SSSR count). The summed E-state index contributed by atoms with van der Waals surface area (Å²) in [5.41, 5.74) is -6.19. The van der Waals surface area contributed by atoms with E-state index in [1.165, 1.54) is 0 Å². The van der Waals surface area contributed by atoms with E-state index in [1.54, 1.807) is 0 Å². The lowest BCUT2D eigenvalue weighted by atomic mass is 9.88. The van der Waals surface area contributed by atoms with Crippen LogP contribution in [0.2, 0.25) is 0 Å². The van der Waals surface area contributed by atoms with Crippen molar-refractivity contribution in [2.24, 2.45) is 0 Å². The minimum absolute atomic E-state index is 0.00220. The first kappa shape index (κ1) is 27.9. The van der Waals surface area contributed by atoms with Crippen molar-refractivity contribution in [3.05, 3.63) is 65.5 Å². The van der Waals surface area contributed by atoms with Gasteiger partial charge in [0.25, 0.3) is 5.60 Å². The van der Waals surface area contributed by atoms with E-state index in [0.717, 1.165) is 43.4 Å². The van der Waals surface area contributed by atoms with Gasteiger partial charge in [-0.2, -0.15) is 26.3 Å². The SMILES string of the molecule is CNC(=O)COC(c1ccc(C2(S(=O)(=O)c3ccc(F)cc3)CCCC2)cc1)(C(F)(F)F)C(F)(F)F. The van der Waals surface area contributed by atoms with Crippen LogP contribution in [0.1, 0.15) is 36.8 Å². The largest absolute Gasteiger partial charge is 0.430 e. The molecule has 0 spiro atoms. The molecule has 0 aromatic heterocycles. The lowest BCUT2D eigenvalue weighted by molar-refractivity contribution is -0.387. The van der Waals surface area contributed by atoms with Crippen LogP contribution in [0.5, 0.6) is 0 Å². The third-order valence-electron chi connectivity index (χ3n) is 6.36. The number of likely N-dealkylation sites (N-methyl/N-ethyl adjacent to an activating group) is 1. The van der Waals surface area contributed by atoms with Gasteiger partial charge in [0.2, 0.25) is 5.91 Å². The van der Waals surface area contributed by atoms with Crippen LogP contribution in [0.3, 0.4) is 0 Å². The molecule has 1 aliphatic rings. The fraction of sp³-hybridized carbons (Fsp3) is 0.435. The molecule has 0 aliphatic heterocycles. The summed E-state index contributed by atoms with van der Waals surface area (Å²) in [6, 6.07) is 6.84. The molecule has 2 aromatic carbocycles. The Morgan fingerprint density at radius 1 is 0.917 bits per heavy atom. The summed E-state index contributed by atoms with van der Waals surface area (Å²) in [5.74, 6) is -1.88. The van der Waals surface area contributed by atoms with Gasteiger partial charge in [-0.3, -0.25) is 4.79 Å². The summed E-state index contributed by atoms with van der Waals surface area (Å²) < 4.78 is 127. The van der Waals surface area contributed by atoms with Gasteiger partial charge >= 0.3 is 12.4 Å². The second-order valence-electron chi connectivity index (χ2n) is 8.37. The smallest absolute Gasteiger partial charge is 0.357 e. The molecule has 1 amide bonds. The molecule has 0 unspecified atom stereocenters. The topological polar surface area (TPSA) is 72.5 Å². The molecule has 0 bridgehead atoms. The number of hydrogen-bond donors (Lipinski definition) is 1. The number of rotatable bonds is 7. The number of carbonyl (C=O) groups is 1. The van der Waals surface area contributed by atoms with E-state index < -0.39 is 56.4 Å². The van der Waals surface area contributed by atoms with E-state index in [9.17, 15) is 43.9 Å². The van der Waals surface area contributed by atoms with Crippen molar-refractivity contribution in [2.75, 3.05) is 13.7 Å². The Hall–Kier alpha value is -2.67. The number of halogens is 7. The maximum Gasteiger partial charge on any atom is 0.430 e. The highest BCUT2D eigenvalue weighted by molar-refractivity contribution is 7.92. The Labute approximate surface area is 202 Å². The molecule has 198 valence electrons. The van der Waals surface area contributed by atoms with E-state index >= 15 is 0 Å². The monoisotopic (exact) mass is 541 g/mol. The summed E-state index contributed by atoms with van der Waals surface area (Å²) in [6.45, 7) is -1.53. The lowest BCUT2D eigenvalue weighted by Crippen LogP contribution is -2.56. The Bertz CT molecular complexity index is 1170. The van der Waals surface area contributed by atoms with Crippen LogP contribution in [0.25, 0.3) is 0 Å². The fourth-order valence-corrected chi connectivity index (χ4v) is 6.71. The highest BCUT2D eigenvalue weighted by Crippen LogP contribution is 2.54. The zero-order valence-corrected chi connectivity index (χ0v) is 19.7. The Morgan fingerprint density at radius 2 is 1.42 bits per heavy atom. The molecule has 0 atom stereocenters. The van der Waals surface area contributed by atoms with Crippen molar-refractivity contribution in [1.82, 2.24) is 5.32 Å². The molecular weight excluding hydrogens is 519 g/mol. The van der Waals surface area contributed by atoms with Crippen molar-refractivity contribution in [2.45, 2.75) is 53.3 Å². The lowest BCUT2D eigenvalue weighted by Gasteiger charge is -2.37. The maximum atomic E-state index is 13.9. The molecule has 1 aliphatic carbocycles. The van der Waals surface area contributed by atoms with E-state index in [1.807, 2.05) is 5.32 Å². The number of alkyl halides is 6. The molecule has 1 N–H and O–H groups in total. The molecule has 36 heavy (non-hydrogen) atoms. The van der Waals surface area contributed by atoms with E-state index in [4.69, 9.17) is 0 Å². The van der Waals surface area contributed by atoms with Crippen LogP contribution in [-0.4, -0.2) is 40.3 Å². The molecule has 1 fully saturated rings. The Morgan fingerprint density at radius 3 is 1.86 bits per heavy atom. The number of benzene rings is 2. The van der Waals surface area contributed by atoms with E-state index in [0.29, 0.717) is 25.0 Å². The summed E-state index contributed by atoms with van der Waals surface area (Å²) in [7, 11) is -3.18. The van der Waals surface area contributed by atoms with Gasteiger partial charge in [0.15, 0.2) is 9.84 Å². The summed E-state index contributed by atoms with van der Waals surface area (Å²) in [4.78, 5) is 11.2. The van der Waals surface area contributed by atoms with Crippen molar-refractivity contribution in [3.63, 3.8) is 0 Å². The highest BCUT2D eigenvalue weighted by atomic mass is 32.2. The van der Waals surface area contributed by atoms with Gasteiger partial charge in [-0.25, -0.2) is 12.8 Å². The van der Waals surface area contributed by atoms with Crippen LogP contribution >= 0.6 is 0 Å². The molecular formula is C23H22F7NO4S. The van der Waals surface area contributed by atoms with Gasteiger partial charge < -0.3 is 10.1 Å². The summed E-state index contributed by atoms with van der Waals surface area (Å²) in [5, 5.41) is 1.89. The van der Waals surface area contributed by atoms with Gasteiger partial charge in [-0.15, -0.1) is 0 Å². The number of sulfone groups is 1. The van der Waals surface area contributed by atoms with Crippen LogP contribution in [-0.2, 0) is 29.7 Å². The van der Waals surface area contributed by atoms with E-state index in [-0.39, 0.29) is 23.3 Å². The standard InChI is InChI=1S/C23H22F7NO4S/c1-31-19(32)14-35-21(22(25,26)27,23(28,29)30)16-6-4-15(5-7-16)20(12-2-3-13-20)36(33,34)18-10-8-17(24)9-11-18/h4-11H,2-3,12-14H2,1H3,(H,31,32). The molecule has 13 heteroatoms. The first-order valence-corrected chi connectivity index (χ1v) is 12.2. The maximum absolute atomic E-state index is 13.9. The minimum atomic E-state index is -6.01. The van der Waals surface area contributed by atoms with Gasteiger partial charge in [0.05, 0.1) is 4.90 Å². The third kappa shape index (κ3) is 4.58. The second kappa shape index (κ2) is 9.66. The van der Waals surface area contributed by atoms with Crippen molar-refractivity contribution in [1.29, 1.82) is 0 Å². The molecule has 5 nitrogen and oxygen atoms in total. The number of nitrogens with one attached hydrogen (secondary N) is 1. The molecule has 2 aromatic rings. The zero-order valence-electron chi connectivity index (χ0n) is 18.8. The third-order valence-corrected chi connectivity index (χ3v) is 8.93. The quantitative estimate of drug-likeness (QED) is 0.389. The second-order valence-corrected chi connectivity index (χ2v) is 10.6. The van der Waals surface area contributed by atoms with Crippen molar-refractivity contribution in [3.8, 4) is 0 Å². The van der Waals surface area contributed by atoms with Crippen molar-refractivity contribution < 1.29 is 48.7 Å². The minimum Gasteiger partial charge on any atom is -0.357 e. The van der Waals surface area contributed by atoms with Gasteiger partial charge in [-0.1, -0.05) is 37.1 Å². The number of carbonyl (C=O) groups excluding carboxylic acids is 1. The highest BCUT2D eigenvalue weighted by Gasteiger charge is 2.73. The molecule has 0 saturated heterocycles. The van der Waals surface area contributed by atoms with Gasteiger partial charge in [0.1, 0.15) is 17.2 Å². The summed E-state index contributed by atoms with van der Waals surface area (Å²) >= 11 is 0. The zero-order chi connectivity index (χ0) is 27.0. The first-order chi connectivity index (χ1) is 16.6. The van der Waals surface area contributed by atoms with Crippen LogP contribution < -0.4 is 5.32 Å². The first-order valence-electron chi connectivity index (χ1n) is 10.7. The van der Waals surface area contributed by atoms with E-state index in [2.05, 4.69) is 4.74 Å². The number of amides is 1. The number of ether oxygens (including phenoxy) is 1. The molecule has 0 radical (unpaired) electrons. The Balaban J connectivity index is 2.14. The predicted octanol–water partition coefficient (Wildman–Crippen LogP) is 5.15. The average Bonchev–Trinajstić information content (AvgIpc) is 3.30. The Kier molecular flexibility index (Phi) is 7.49. The van der Waals surface area contributed by atoms with Crippen LogP contribution in [0.4, 0.5) is 30.7 Å². The summed E-state index contributed by atoms with van der Waals surface area (Å²) in [6.07, 6.45) is -11.0. The molecule has 1 saturated carbocycles. The number of hydrogen-bond acceptors (Lipinski definition) is 4. The normalized spacial score (nSPS) is 16.7. The average molecular weight is 541 g/mol. The van der Waals surface area contributed by atoms with Crippen molar-refractivity contribution >= 4 is 15.7 Å². The van der Waals surface area contributed by atoms with Crippen LogP contribution in [0, 0.1) is 5.82 Å². The molecule has 0 heterocycles. The predicted molar refractivity (Wildman–Crippen MR) is 114 cm³/mol.